The first kappa shape index (κ1) is 13.7. The van der Waals surface area contributed by atoms with Gasteiger partial charge in [-0.05, 0) is 6.42 Å². The third kappa shape index (κ3) is 4.97. The lowest BCUT2D eigenvalue weighted by molar-refractivity contribution is 0.0615. The first-order valence-corrected chi connectivity index (χ1v) is 5.66. The second kappa shape index (κ2) is 7.03. The molecule has 0 fully saturated rings. The van der Waals surface area contributed by atoms with Gasteiger partial charge in [0.05, 0.1) is 12.7 Å². The smallest absolute Gasteiger partial charge is 0.252 e. The Morgan fingerprint density at radius 2 is 2.41 bits per heavy atom. The molecule has 3 N–H and O–H groups in total. The lowest BCUT2D eigenvalue weighted by atomic mass is 10.2. The molecule has 0 aliphatic carbocycles. The largest absolute Gasteiger partial charge is 0.391 e. The summed E-state index contributed by atoms with van der Waals surface area (Å²) in [7, 11) is 1.54. The Bertz CT molecular complexity index is 392. The number of ether oxygens (including phenoxy) is 1. The average molecular weight is 241 g/mol. The molecule has 0 aromatic carbocycles. The SMILES string of the molecule is CCc1nc(NCCC(O)COC)cc(=O)[nH]1. The molecule has 1 rings (SSSR count). The van der Waals surface area contributed by atoms with Crippen LogP contribution in [-0.4, -0.2) is 41.4 Å². The Kier molecular flexibility index (Phi) is 5.65. The van der Waals surface area contributed by atoms with Gasteiger partial charge in [0, 0.05) is 26.1 Å². The van der Waals surface area contributed by atoms with Gasteiger partial charge < -0.3 is 20.1 Å². The van der Waals surface area contributed by atoms with Crippen LogP contribution in [0.5, 0.6) is 0 Å². The number of aromatic amines is 1. The number of H-pyrrole nitrogens is 1. The molecule has 17 heavy (non-hydrogen) atoms. The van der Waals surface area contributed by atoms with Crippen LogP contribution in [0.25, 0.3) is 0 Å². The van der Waals surface area contributed by atoms with Crippen molar-refractivity contribution in [3.8, 4) is 0 Å². The predicted octanol–water partition coefficient (Wildman–Crippen LogP) is 0.142. The summed E-state index contributed by atoms with van der Waals surface area (Å²) in [5, 5.41) is 12.4. The van der Waals surface area contributed by atoms with E-state index in [4.69, 9.17) is 4.74 Å². The van der Waals surface area contributed by atoms with Gasteiger partial charge in [-0.3, -0.25) is 4.79 Å². The molecule has 0 bridgehead atoms. The summed E-state index contributed by atoms with van der Waals surface area (Å²) in [4.78, 5) is 18.1. The van der Waals surface area contributed by atoms with Gasteiger partial charge in [0.25, 0.3) is 5.56 Å². The predicted molar refractivity (Wildman–Crippen MR) is 65.2 cm³/mol. The van der Waals surface area contributed by atoms with Gasteiger partial charge in [-0.2, -0.15) is 0 Å². The number of rotatable bonds is 7. The maximum atomic E-state index is 11.3. The van der Waals surface area contributed by atoms with E-state index in [1.54, 1.807) is 7.11 Å². The second-order valence-electron chi connectivity index (χ2n) is 3.76. The molecule has 6 nitrogen and oxygen atoms in total. The van der Waals surface area contributed by atoms with Crippen molar-refractivity contribution in [1.29, 1.82) is 0 Å². The van der Waals surface area contributed by atoms with Crippen LogP contribution in [0.1, 0.15) is 19.2 Å². The van der Waals surface area contributed by atoms with Crippen LogP contribution in [-0.2, 0) is 11.2 Å². The van der Waals surface area contributed by atoms with E-state index in [1.807, 2.05) is 6.92 Å². The van der Waals surface area contributed by atoms with Crippen LogP contribution in [0.4, 0.5) is 5.82 Å². The lowest BCUT2D eigenvalue weighted by Crippen LogP contribution is -2.20. The fourth-order valence-electron chi connectivity index (χ4n) is 1.41. The highest BCUT2D eigenvalue weighted by atomic mass is 16.5. The summed E-state index contributed by atoms with van der Waals surface area (Å²) in [5.74, 6) is 1.19. The van der Waals surface area contributed by atoms with Gasteiger partial charge in [-0.15, -0.1) is 0 Å². The third-order valence-electron chi connectivity index (χ3n) is 2.27. The molecule has 0 saturated carbocycles. The van der Waals surface area contributed by atoms with E-state index in [1.165, 1.54) is 6.07 Å². The standard InChI is InChI=1S/C11H19N3O3/c1-3-9-13-10(6-11(16)14-9)12-5-4-8(15)7-17-2/h6,8,15H,3-5,7H2,1-2H3,(H2,12,13,14,16). The molecular formula is C11H19N3O3. The van der Waals surface area contributed by atoms with E-state index in [0.29, 0.717) is 37.6 Å². The normalized spacial score (nSPS) is 12.4. The number of aliphatic hydroxyl groups is 1. The fourth-order valence-corrected chi connectivity index (χ4v) is 1.41. The van der Waals surface area contributed by atoms with Crippen LogP contribution in [0, 0.1) is 0 Å². The number of anilines is 1. The fraction of sp³-hybridized carbons (Fsp3) is 0.636. The van der Waals surface area contributed by atoms with E-state index >= 15 is 0 Å². The van der Waals surface area contributed by atoms with E-state index in [9.17, 15) is 9.90 Å². The van der Waals surface area contributed by atoms with Crippen molar-refractivity contribution < 1.29 is 9.84 Å². The minimum absolute atomic E-state index is 0.170. The summed E-state index contributed by atoms with van der Waals surface area (Å²) >= 11 is 0. The average Bonchev–Trinajstić information content (AvgIpc) is 2.28. The summed E-state index contributed by atoms with van der Waals surface area (Å²) in [6, 6.07) is 1.40. The van der Waals surface area contributed by atoms with Crippen molar-refractivity contribution in [2.24, 2.45) is 0 Å². The van der Waals surface area contributed by atoms with E-state index in [-0.39, 0.29) is 5.56 Å². The number of hydrogen-bond acceptors (Lipinski definition) is 5. The highest BCUT2D eigenvalue weighted by Gasteiger charge is 2.04. The monoisotopic (exact) mass is 241 g/mol. The zero-order valence-electron chi connectivity index (χ0n) is 10.2. The topological polar surface area (TPSA) is 87.2 Å². The van der Waals surface area contributed by atoms with Crippen molar-refractivity contribution in [1.82, 2.24) is 9.97 Å². The quantitative estimate of drug-likeness (QED) is 0.632. The zero-order valence-corrected chi connectivity index (χ0v) is 10.2. The molecular weight excluding hydrogens is 222 g/mol. The van der Waals surface area contributed by atoms with Crippen molar-refractivity contribution in [3.63, 3.8) is 0 Å². The van der Waals surface area contributed by atoms with Gasteiger partial charge in [-0.25, -0.2) is 4.98 Å². The molecule has 1 atom stereocenters. The maximum absolute atomic E-state index is 11.3. The molecule has 1 aromatic heterocycles. The summed E-state index contributed by atoms with van der Waals surface area (Å²) in [5.41, 5.74) is -0.170. The molecule has 0 aliphatic rings. The Balaban J connectivity index is 2.46. The maximum Gasteiger partial charge on any atom is 0.252 e. The molecule has 0 aliphatic heterocycles. The molecule has 96 valence electrons. The van der Waals surface area contributed by atoms with Gasteiger partial charge in [0.1, 0.15) is 11.6 Å². The summed E-state index contributed by atoms with van der Waals surface area (Å²) in [6.45, 7) is 2.78. The van der Waals surface area contributed by atoms with Crippen LogP contribution >= 0.6 is 0 Å². The highest BCUT2D eigenvalue weighted by Crippen LogP contribution is 2.00. The van der Waals surface area contributed by atoms with Gasteiger partial charge in [0.2, 0.25) is 0 Å². The third-order valence-corrected chi connectivity index (χ3v) is 2.27. The molecule has 1 unspecified atom stereocenters. The van der Waals surface area contributed by atoms with Crippen molar-refractivity contribution in [3.05, 3.63) is 22.2 Å². The Labute approximate surface area is 100 Å². The summed E-state index contributed by atoms with van der Waals surface area (Å²) in [6.07, 6.45) is 0.723. The van der Waals surface area contributed by atoms with E-state index in [2.05, 4.69) is 15.3 Å². The van der Waals surface area contributed by atoms with Gasteiger partial charge >= 0.3 is 0 Å². The van der Waals surface area contributed by atoms with E-state index in [0.717, 1.165) is 0 Å². The van der Waals surface area contributed by atoms with Crippen LogP contribution in [0.3, 0.4) is 0 Å². The Morgan fingerprint density at radius 1 is 1.65 bits per heavy atom. The van der Waals surface area contributed by atoms with Gasteiger partial charge in [-0.1, -0.05) is 6.92 Å². The highest BCUT2D eigenvalue weighted by molar-refractivity contribution is 5.32. The van der Waals surface area contributed by atoms with Crippen molar-refractivity contribution in [2.75, 3.05) is 25.6 Å². The minimum Gasteiger partial charge on any atom is -0.391 e. The molecule has 1 aromatic rings. The minimum atomic E-state index is -0.500. The zero-order chi connectivity index (χ0) is 12.7. The Hall–Kier alpha value is -1.40. The number of methoxy groups -OCH3 is 1. The first-order valence-electron chi connectivity index (χ1n) is 5.66. The van der Waals surface area contributed by atoms with Gasteiger partial charge in [0.15, 0.2) is 0 Å². The number of aliphatic hydroxyl groups excluding tert-OH is 1. The molecule has 0 radical (unpaired) electrons. The molecule has 0 saturated heterocycles. The number of nitrogens with zero attached hydrogens (tertiary/aromatic N) is 1. The number of hydrogen-bond donors (Lipinski definition) is 3. The van der Waals surface area contributed by atoms with Crippen LogP contribution < -0.4 is 10.9 Å². The van der Waals surface area contributed by atoms with Crippen molar-refractivity contribution >= 4 is 5.82 Å². The molecule has 6 heteroatoms. The van der Waals surface area contributed by atoms with E-state index < -0.39 is 6.10 Å². The summed E-state index contributed by atoms with van der Waals surface area (Å²) < 4.78 is 4.81. The molecule has 1 heterocycles. The number of nitrogens with one attached hydrogen (secondary N) is 2. The lowest BCUT2D eigenvalue weighted by Gasteiger charge is -2.10. The molecule has 0 spiro atoms. The van der Waals surface area contributed by atoms with Crippen LogP contribution in [0.2, 0.25) is 0 Å². The first-order chi connectivity index (χ1) is 8.15. The molecule has 0 amide bonds. The van der Waals surface area contributed by atoms with Crippen molar-refractivity contribution in [2.45, 2.75) is 25.9 Å². The number of aromatic nitrogens is 2. The van der Waals surface area contributed by atoms with Crippen LogP contribution in [0.15, 0.2) is 10.9 Å². The second-order valence-corrected chi connectivity index (χ2v) is 3.76. The Morgan fingerprint density at radius 3 is 3.06 bits per heavy atom. The number of aryl methyl sites for hydroxylation is 1.